The second-order valence-electron chi connectivity index (χ2n) is 29.4. The van der Waals surface area contributed by atoms with Crippen LogP contribution < -0.4 is 20.2 Å². The van der Waals surface area contributed by atoms with Crippen LogP contribution in [-0.4, -0.2) is 153 Å². The van der Waals surface area contributed by atoms with Gasteiger partial charge >= 0.3 is 19.6 Å². The van der Waals surface area contributed by atoms with E-state index in [0.29, 0.717) is 69.9 Å². The van der Waals surface area contributed by atoms with Gasteiger partial charge < -0.3 is 54.0 Å². The first kappa shape index (κ1) is 72.2. The van der Waals surface area contributed by atoms with Crippen molar-refractivity contribution in [2.75, 3.05) is 26.9 Å². The fourth-order valence-corrected chi connectivity index (χ4v) is 17.5. The number of carbonyl (C=O) groups excluding carboxylic acids is 5. The van der Waals surface area contributed by atoms with Gasteiger partial charge in [-0.25, -0.2) is 19.3 Å². The van der Waals surface area contributed by atoms with Gasteiger partial charge in [0.1, 0.15) is 35.8 Å². The lowest BCUT2D eigenvalue weighted by Crippen LogP contribution is -2.56. The van der Waals surface area contributed by atoms with E-state index in [4.69, 9.17) is 33.4 Å². The molecule has 5 aromatic rings. The number of methoxy groups -OCH3 is 2. The number of ether oxygens (including phenoxy) is 4. The number of fused-ring (bicyclic) bond motifs is 6. The Morgan fingerprint density at radius 3 is 2.17 bits per heavy atom. The number of likely N-dealkylation sites (tertiary alicyclic amines) is 2. The van der Waals surface area contributed by atoms with E-state index < -0.39 is 73.6 Å². The number of amides is 4. The number of halogens is 3. The van der Waals surface area contributed by atoms with Crippen molar-refractivity contribution in [3.05, 3.63) is 151 Å². The summed E-state index contributed by atoms with van der Waals surface area (Å²) in [5, 5.41) is 19.3. The van der Waals surface area contributed by atoms with Crippen molar-refractivity contribution in [3.63, 3.8) is 0 Å². The number of rotatable bonds is 22. The van der Waals surface area contributed by atoms with Gasteiger partial charge in [-0.1, -0.05) is 82.8 Å². The van der Waals surface area contributed by atoms with E-state index in [1.807, 2.05) is 56.9 Å². The Morgan fingerprint density at radius 2 is 1.51 bits per heavy atom. The third kappa shape index (κ3) is 14.5. The molecule has 12 atom stereocenters. The number of hydrogen-bond donors (Lipinski definition) is 5. The minimum absolute atomic E-state index is 0.0155. The van der Waals surface area contributed by atoms with Crippen LogP contribution in [0.3, 0.4) is 0 Å². The standard InChI is InChI=1S/C51H57F2N7O5.C25H34FN2O7P/c1-26(2)43(58-49(63)65-7)47(61)59-25-50(16-17-50)23-42(59)46-54-24-41(57-46)31-10-14-36-35-13-9-30(20-37(35)51(52,53)38(36)21-31)29-11-15-39-33(18-29)22-40(56-39)45-32-8-12-34(19-32)60(45)48(62)44(27(3)4)55-28(5)64-6;1-16(2)33-23(31)18(4)27-36(32,35-19-9-7-6-8-10-19)14-12-20-22(30)25(5,26)24(34-20)28-13-11-17(3)15-21(28)29/h9-11,13-15,18,20-21,24,26-27,32,34,42-45,55H,5,8,12,16-17,19,22-23,25H2,1-4,6-7H3,(H,54,57)(H,58,63);6-11,13,16,18,20,22,24,30H,3,12,14-15H2,1-2,4-5H3,(H,27,32)/t32-,34+,42-,43-,44-,45-;18-,20+,22+,24+,25+,36-/m00/s1. The zero-order valence-corrected chi connectivity index (χ0v) is 59.7. The van der Waals surface area contributed by atoms with Crippen molar-refractivity contribution in [2.24, 2.45) is 28.2 Å². The van der Waals surface area contributed by atoms with Crippen LogP contribution in [0.25, 0.3) is 33.5 Å². The average Bonchev–Trinajstić information content (AvgIpc) is 1.58. The fraction of sp³-hybridized carbons (Fsp3) is 0.487. The van der Waals surface area contributed by atoms with Gasteiger partial charge in [0.05, 0.1) is 68.7 Å². The van der Waals surface area contributed by atoms with Gasteiger partial charge in [0.2, 0.25) is 17.7 Å². The number of para-hydroxylation sites is 1. The van der Waals surface area contributed by atoms with Crippen LogP contribution in [0.15, 0.2) is 133 Å². The second-order valence-corrected chi connectivity index (χ2v) is 31.6. The van der Waals surface area contributed by atoms with E-state index in [9.17, 15) is 33.6 Å². The SMILES string of the molecule is C=C(N[C@H](C(=O)N1[C@@H]2CC[C@@H](C2)[C@H]1C1=Nc2ccc(-c3ccc4c(c3)C(F)(F)c3cc(-c5cnc([C@@H]6CC7(CC7)CN6C(=O)[C@@H](NC(=O)OC)C(C)C)[nH]5)ccc3-4)cc2C1)C(C)C)OC.C=C1C=CN([C@@H]2O[C@H](CC[P@@](=O)(N[C@@H](C)C(=O)OC(C)C)Oc3ccccc3)[C@@H](O)[C@@]2(C)F)C(=O)C1. The van der Waals surface area contributed by atoms with E-state index in [-0.39, 0.29) is 83.4 Å². The highest BCUT2D eigenvalue weighted by atomic mass is 31.2. The zero-order chi connectivity index (χ0) is 72.4. The maximum absolute atomic E-state index is 16.7. The number of aliphatic hydroxyl groups is 1. The summed E-state index contributed by atoms with van der Waals surface area (Å²) in [4.78, 5) is 83.3. The van der Waals surface area contributed by atoms with Crippen molar-refractivity contribution >= 4 is 48.7 Å². The van der Waals surface area contributed by atoms with E-state index in [1.165, 1.54) is 27.3 Å². The van der Waals surface area contributed by atoms with Crippen LogP contribution >= 0.6 is 7.52 Å². The van der Waals surface area contributed by atoms with Gasteiger partial charge in [-0.15, -0.1) is 0 Å². The summed E-state index contributed by atoms with van der Waals surface area (Å²) >= 11 is 0. The molecule has 0 radical (unpaired) electrons. The molecular weight excluding hydrogens is 1320 g/mol. The van der Waals surface area contributed by atoms with E-state index in [1.54, 1.807) is 80.7 Å². The molecular formula is C76H91F3N9O12P. The first-order valence-electron chi connectivity index (χ1n) is 34.8. The largest absolute Gasteiger partial charge is 0.483 e. The summed E-state index contributed by atoms with van der Waals surface area (Å²) in [6.45, 7) is 22.1. The summed E-state index contributed by atoms with van der Waals surface area (Å²) in [7, 11) is -0.949. The highest BCUT2D eigenvalue weighted by Crippen LogP contribution is 2.59. The molecule has 1 aromatic heterocycles. The van der Waals surface area contributed by atoms with E-state index in [2.05, 4.69) is 44.8 Å². The normalized spacial score (nSPS) is 25.4. The van der Waals surface area contributed by atoms with Crippen molar-refractivity contribution in [1.82, 2.24) is 40.4 Å². The second kappa shape index (κ2) is 28.3. The van der Waals surface area contributed by atoms with Crippen LogP contribution in [0.5, 0.6) is 5.75 Å². The summed E-state index contributed by atoms with van der Waals surface area (Å²) in [5.74, 6) is -2.97. The van der Waals surface area contributed by atoms with Gasteiger partial charge in [-0.3, -0.25) is 33.6 Å². The molecule has 101 heavy (non-hydrogen) atoms. The Labute approximate surface area is 587 Å². The maximum atomic E-state index is 16.7. The van der Waals surface area contributed by atoms with Gasteiger partial charge in [0.15, 0.2) is 17.8 Å². The number of hydrogen-bond acceptors (Lipinski definition) is 15. The lowest BCUT2D eigenvalue weighted by Gasteiger charge is -2.39. The van der Waals surface area contributed by atoms with E-state index >= 15 is 13.2 Å². The molecule has 5 aliphatic heterocycles. The molecule has 8 aliphatic rings. The average molecular weight is 1410 g/mol. The maximum Gasteiger partial charge on any atom is 0.407 e. The molecule has 2 saturated carbocycles. The topological polar surface area (TPSA) is 256 Å². The Kier molecular flexibility index (Phi) is 20.3. The number of imidazole rings is 1. The zero-order valence-electron chi connectivity index (χ0n) is 58.8. The number of carbonyl (C=O) groups is 5. The molecule has 5 fully saturated rings. The first-order chi connectivity index (χ1) is 47.9. The number of esters is 1. The van der Waals surface area contributed by atoms with Crippen molar-refractivity contribution in [2.45, 2.75) is 186 Å². The van der Waals surface area contributed by atoms with Gasteiger partial charge in [-0.2, -0.15) is 8.78 Å². The lowest BCUT2D eigenvalue weighted by molar-refractivity contribution is -0.149. The Bertz CT molecular complexity index is 4170. The molecule has 25 heteroatoms. The Balaban J connectivity index is 0.000000227. The molecule has 21 nitrogen and oxygen atoms in total. The molecule has 538 valence electrons. The Morgan fingerprint density at radius 1 is 0.851 bits per heavy atom. The molecule has 4 amide bonds. The number of H-pyrrole nitrogens is 1. The lowest BCUT2D eigenvalue weighted by atomic mass is 9.90. The Hall–Kier alpha value is -8.57. The molecule has 2 bridgehead atoms. The van der Waals surface area contributed by atoms with E-state index in [0.717, 1.165) is 72.9 Å². The molecule has 4 aromatic carbocycles. The number of piperidine rings is 1. The van der Waals surface area contributed by atoms with Crippen LogP contribution in [0.2, 0.25) is 0 Å². The summed E-state index contributed by atoms with van der Waals surface area (Å²) < 4.78 is 89.6. The van der Waals surface area contributed by atoms with Gasteiger partial charge in [-0.05, 0) is 178 Å². The fourth-order valence-electron chi connectivity index (χ4n) is 15.4. The number of allylic oxidation sites excluding steroid dienone is 1. The van der Waals surface area contributed by atoms with Crippen molar-refractivity contribution in [3.8, 4) is 39.3 Å². The monoisotopic (exact) mass is 1410 g/mol. The van der Waals surface area contributed by atoms with Crippen LogP contribution in [0.4, 0.5) is 23.7 Å². The first-order valence-corrected chi connectivity index (χ1v) is 36.6. The molecule has 6 heterocycles. The number of alkyl carbamates (subject to hydrolysis) is 1. The third-order valence-electron chi connectivity index (χ3n) is 21.0. The summed E-state index contributed by atoms with van der Waals surface area (Å²) in [6.07, 6.45) is 5.66. The number of nitrogens with one attached hydrogen (secondary N) is 4. The van der Waals surface area contributed by atoms with Crippen molar-refractivity contribution < 1.29 is 70.3 Å². The van der Waals surface area contributed by atoms with Crippen LogP contribution in [0, 0.1) is 23.2 Å². The minimum atomic E-state index is -3.76. The molecule has 13 rings (SSSR count). The molecule has 3 saturated heterocycles. The molecule has 5 N–H and O–H groups in total. The smallest absolute Gasteiger partial charge is 0.407 e. The van der Waals surface area contributed by atoms with Crippen LogP contribution in [0.1, 0.15) is 135 Å². The highest BCUT2D eigenvalue weighted by molar-refractivity contribution is 7.57. The number of aromatic amines is 1. The van der Waals surface area contributed by atoms with Gasteiger partial charge in [0, 0.05) is 47.6 Å². The number of aliphatic hydroxyl groups excluding tert-OH is 1. The number of nitrogens with zero attached hydrogens (tertiary/aromatic N) is 5. The molecule has 3 aliphatic carbocycles. The number of aromatic nitrogens is 2. The minimum Gasteiger partial charge on any atom is -0.483 e. The van der Waals surface area contributed by atoms with Gasteiger partial charge in [0.25, 0.3) is 5.92 Å². The number of aliphatic imine (C=N–C) groups is 1. The van der Waals surface area contributed by atoms with Crippen LogP contribution in [-0.2, 0) is 55.0 Å². The predicted octanol–water partition coefficient (Wildman–Crippen LogP) is 12.7. The quantitative estimate of drug-likeness (QED) is 0.0245. The number of alkyl halides is 3. The molecule has 0 unspecified atom stereocenters. The third-order valence-corrected chi connectivity index (χ3v) is 23.1. The summed E-state index contributed by atoms with van der Waals surface area (Å²) in [6, 6.07) is 22.4. The highest BCUT2D eigenvalue weighted by Gasteiger charge is 2.59. The summed E-state index contributed by atoms with van der Waals surface area (Å²) in [5.41, 5.74) is 4.73. The molecule has 1 spiro atoms. The predicted molar refractivity (Wildman–Crippen MR) is 375 cm³/mol. The number of benzene rings is 4. The van der Waals surface area contributed by atoms with Crippen molar-refractivity contribution in [1.29, 1.82) is 0 Å².